The first kappa shape index (κ1) is 12.5. The van der Waals surface area contributed by atoms with Gasteiger partial charge in [-0.2, -0.15) is 0 Å². The molecule has 86 valence electrons. The average Bonchev–Trinajstić information content (AvgIpc) is 2.62. The summed E-state index contributed by atoms with van der Waals surface area (Å²) in [5, 5.41) is 13.7. The molecule has 1 rings (SSSR count). The second-order valence-corrected chi connectivity index (χ2v) is 5.00. The van der Waals surface area contributed by atoms with Gasteiger partial charge in [0.15, 0.2) is 0 Å². The first-order valence-corrected chi connectivity index (χ1v) is 6.05. The summed E-state index contributed by atoms with van der Waals surface area (Å²) in [7, 11) is 1.70. The molecule has 0 radical (unpaired) electrons. The molecule has 0 aliphatic heterocycles. The highest BCUT2D eigenvalue weighted by Crippen LogP contribution is 2.10. The minimum absolute atomic E-state index is 0.672. The van der Waals surface area contributed by atoms with Crippen LogP contribution in [-0.2, 0) is 17.7 Å². The predicted octanol–water partition coefficient (Wildman–Crippen LogP) is 1.47. The van der Waals surface area contributed by atoms with Crippen molar-refractivity contribution in [2.75, 3.05) is 20.3 Å². The zero-order chi connectivity index (χ0) is 11.1. The number of methoxy groups -OCH3 is 1. The Labute approximate surface area is 95.1 Å². The van der Waals surface area contributed by atoms with Gasteiger partial charge in [0.1, 0.15) is 10.0 Å². The molecule has 0 atom stereocenters. The normalized spacial score (nSPS) is 11.2. The monoisotopic (exact) mass is 229 g/mol. The van der Waals surface area contributed by atoms with Crippen molar-refractivity contribution in [3.8, 4) is 0 Å². The Morgan fingerprint density at radius 3 is 2.73 bits per heavy atom. The minimum Gasteiger partial charge on any atom is -0.384 e. The van der Waals surface area contributed by atoms with Crippen LogP contribution in [0.15, 0.2) is 0 Å². The van der Waals surface area contributed by atoms with E-state index in [2.05, 4.69) is 29.4 Å². The molecule has 15 heavy (non-hydrogen) atoms. The molecule has 1 heterocycles. The van der Waals surface area contributed by atoms with E-state index in [-0.39, 0.29) is 0 Å². The van der Waals surface area contributed by atoms with Gasteiger partial charge in [-0.1, -0.05) is 13.8 Å². The molecule has 1 N–H and O–H groups in total. The van der Waals surface area contributed by atoms with E-state index >= 15 is 0 Å². The van der Waals surface area contributed by atoms with Crippen molar-refractivity contribution < 1.29 is 4.74 Å². The van der Waals surface area contributed by atoms with E-state index in [0.717, 1.165) is 29.5 Å². The highest BCUT2D eigenvalue weighted by Gasteiger charge is 2.03. The van der Waals surface area contributed by atoms with Crippen molar-refractivity contribution in [2.24, 2.45) is 5.92 Å². The van der Waals surface area contributed by atoms with Gasteiger partial charge in [0.25, 0.3) is 0 Å². The number of rotatable bonds is 7. The summed E-state index contributed by atoms with van der Waals surface area (Å²) >= 11 is 1.66. The third-order valence-corrected chi connectivity index (χ3v) is 2.84. The largest absolute Gasteiger partial charge is 0.384 e. The minimum atomic E-state index is 0.672. The number of nitrogens with one attached hydrogen (secondary N) is 1. The van der Waals surface area contributed by atoms with Crippen LogP contribution in [0, 0.1) is 5.92 Å². The third-order valence-electron chi connectivity index (χ3n) is 1.86. The maximum absolute atomic E-state index is 4.99. The molecule has 0 spiro atoms. The van der Waals surface area contributed by atoms with Crippen LogP contribution >= 0.6 is 11.3 Å². The van der Waals surface area contributed by atoms with Crippen LogP contribution in [0.2, 0.25) is 0 Å². The van der Waals surface area contributed by atoms with Crippen molar-refractivity contribution in [1.29, 1.82) is 0 Å². The molecule has 0 saturated heterocycles. The third kappa shape index (κ3) is 5.20. The lowest BCUT2D eigenvalue weighted by atomic mass is 10.2. The summed E-state index contributed by atoms with van der Waals surface area (Å²) in [5.74, 6) is 0.672. The molecular weight excluding hydrogens is 210 g/mol. The number of aromatic nitrogens is 2. The maximum Gasteiger partial charge on any atom is 0.131 e. The highest BCUT2D eigenvalue weighted by atomic mass is 32.1. The van der Waals surface area contributed by atoms with Gasteiger partial charge < -0.3 is 10.1 Å². The summed E-state index contributed by atoms with van der Waals surface area (Å²) in [5.41, 5.74) is 0. The fourth-order valence-corrected chi connectivity index (χ4v) is 1.91. The average molecular weight is 229 g/mol. The fourth-order valence-electron chi connectivity index (χ4n) is 1.12. The van der Waals surface area contributed by atoms with Crippen molar-refractivity contribution in [3.63, 3.8) is 0 Å². The number of ether oxygens (including phenoxy) is 1. The highest BCUT2D eigenvalue weighted by molar-refractivity contribution is 7.11. The standard InChI is InChI=1S/C10H19N3OS/c1-8(2)6-11-7-10-13-12-9(15-10)4-5-14-3/h8,11H,4-7H2,1-3H3. The lowest BCUT2D eigenvalue weighted by Crippen LogP contribution is -2.18. The lowest BCUT2D eigenvalue weighted by Gasteiger charge is -2.03. The quantitative estimate of drug-likeness (QED) is 0.769. The summed E-state index contributed by atoms with van der Waals surface area (Å²) in [6.45, 7) is 6.94. The summed E-state index contributed by atoms with van der Waals surface area (Å²) in [4.78, 5) is 0. The Bertz CT molecular complexity index is 275. The van der Waals surface area contributed by atoms with Crippen LogP contribution in [-0.4, -0.2) is 30.5 Å². The van der Waals surface area contributed by atoms with Crippen LogP contribution in [0.25, 0.3) is 0 Å². The van der Waals surface area contributed by atoms with Crippen molar-refractivity contribution in [1.82, 2.24) is 15.5 Å². The molecule has 0 fully saturated rings. The first-order valence-electron chi connectivity index (χ1n) is 5.23. The molecule has 5 heteroatoms. The molecule has 0 bridgehead atoms. The van der Waals surface area contributed by atoms with Crippen LogP contribution in [0.3, 0.4) is 0 Å². The van der Waals surface area contributed by atoms with E-state index < -0.39 is 0 Å². The summed E-state index contributed by atoms with van der Waals surface area (Å²) < 4.78 is 4.99. The van der Waals surface area contributed by atoms with Crippen LogP contribution in [0.4, 0.5) is 0 Å². The second kappa shape index (κ2) is 6.87. The molecule has 0 amide bonds. The Kier molecular flexibility index (Phi) is 5.75. The number of nitrogens with zero attached hydrogens (tertiary/aromatic N) is 2. The smallest absolute Gasteiger partial charge is 0.131 e. The molecule has 0 unspecified atom stereocenters. The van der Waals surface area contributed by atoms with Crippen LogP contribution in [0.1, 0.15) is 23.9 Å². The molecule has 1 aromatic heterocycles. The Morgan fingerprint density at radius 1 is 1.33 bits per heavy atom. The molecule has 0 aliphatic carbocycles. The van der Waals surface area contributed by atoms with Gasteiger partial charge in [0, 0.05) is 20.1 Å². The van der Waals surface area contributed by atoms with Gasteiger partial charge >= 0.3 is 0 Å². The van der Waals surface area contributed by atoms with Crippen molar-refractivity contribution in [3.05, 3.63) is 10.0 Å². The van der Waals surface area contributed by atoms with E-state index in [9.17, 15) is 0 Å². The number of hydrogen-bond acceptors (Lipinski definition) is 5. The second-order valence-electron chi connectivity index (χ2n) is 3.86. The summed E-state index contributed by atoms with van der Waals surface area (Å²) in [6.07, 6.45) is 0.859. The van der Waals surface area contributed by atoms with Crippen LogP contribution < -0.4 is 5.32 Å². The fraction of sp³-hybridized carbons (Fsp3) is 0.800. The van der Waals surface area contributed by atoms with E-state index in [1.165, 1.54) is 0 Å². The van der Waals surface area contributed by atoms with Gasteiger partial charge in [0.05, 0.1) is 6.61 Å². The van der Waals surface area contributed by atoms with Gasteiger partial charge in [0.2, 0.25) is 0 Å². The predicted molar refractivity (Wildman–Crippen MR) is 62.0 cm³/mol. The lowest BCUT2D eigenvalue weighted by molar-refractivity contribution is 0.202. The molecule has 0 saturated carbocycles. The van der Waals surface area contributed by atoms with E-state index in [4.69, 9.17) is 4.74 Å². The Hall–Kier alpha value is -0.520. The summed E-state index contributed by atoms with van der Waals surface area (Å²) in [6, 6.07) is 0. The topological polar surface area (TPSA) is 47.0 Å². The van der Waals surface area contributed by atoms with Gasteiger partial charge in [-0.05, 0) is 12.5 Å². The first-order chi connectivity index (χ1) is 7.22. The SMILES string of the molecule is COCCc1nnc(CNCC(C)C)s1. The van der Waals surface area contributed by atoms with Crippen molar-refractivity contribution >= 4 is 11.3 Å². The molecular formula is C10H19N3OS. The Morgan fingerprint density at radius 2 is 2.07 bits per heavy atom. The maximum atomic E-state index is 4.99. The van der Waals surface area contributed by atoms with E-state index in [1.807, 2.05) is 0 Å². The van der Waals surface area contributed by atoms with Crippen LogP contribution in [0.5, 0.6) is 0 Å². The molecule has 0 aromatic carbocycles. The number of hydrogen-bond donors (Lipinski definition) is 1. The van der Waals surface area contributed by atoms with E-state index in [1.54, 1.807) is 18.4 Å². The zero-order valence-corrected chi connectivity index (χ0v) is 10.4. The van der Waals surface area contributed by atoms with Gasteiger partial charge in [-0.15, -0.1) is 21.5 Å². The zero-order valence-electron chi connectivity index (χ0n) is 9.62. The van der Waals surface area contributed by atoms with E-state index in [0.29, 0.717) is 12.5 Å². The van der Waals surface area contributed by atoms with Gasteiger partial charge in [-0.25, -0.2) is 0 Å². The molecule has 4 nitrogen and oxygen atoms in total. The molecule has 1 aromatic rings. The molecule has 0 aliphatic rings. The Balaban J connectivity index is 2.26. The van der Waals surface area contributed by atoms with Gasteiger partial charge in [-0.3, -0.25) is 0 Å². The van der Waals surface area contributed by atoms with Crippen molar-refractivity contribution in [2.45, 2.75) is 26.8 Å².